The Morgan fingerprint density at radius 2 is 1.67 bits per heavy atom. The Morgan fingerprint density at radius 3 is 2.27 bits per heavy atom. The molecule has 0 aliphatic heterocycles. The summed E-state index contributed by atoms with van der Waals surface area (Å²) in [6.45, 7) is 0. The van der Waals surface area contributed by atoms with Crippen molar-refractivity contribution in [1.29, 1.82) is 0 Å². The number of hydrogen-bond acceptors (Lipinski definition) is 6. The van der Waals surface area contributed by atoms with Crippen LogP contribution < -0.4 is 14.8 Å². The minimum Gasteiger partial charge on any atom is -0.508 e. The van der Waals surface area contributed by atoms with Gasteiger partial charge in [-0.05, 0) is 47.5 Å². The summed E-state index contributed by atoms with van der Waals surface area (Å²) in [5, 5.41) is 37.8. The predicted molar refractivity (Wildman–Crippen MR) is 110 cm³/mol. The second kappa shape index (κ2) is 8.66. The van der Waals surface area contributed by atoms with Gasteiger partial charge in [-0.15, -0.1) is 11.3 Å². The first-order chi connectivity index (χ1) is 14.2. The maximum absolute atomic E-state index is 13.0. The number of carboxylic acid groups (broad SMARTS) is 2. The van der Waals surface area contributed by atoms with Crippen molar-refractivity contribution in [3.63, 3.8) is 0 Å². The number of nitrogens with zero attached hydrogens (tertiary/aromatic N) is 1. The molecule has 30 heavy (non-hydrogen) atoms. The van der Waals surface area contributed by atoms with Crippen LogP contribution in [0.1, 0.15) is 23.6 Å². The van der Waals surface area contributed by atoms with Gasteiger partial charge >= 0.3 is 11.9 Å². The lowest BCUT2D eigenvalue weighted by molar-refractivity contribution is -0.147. The number of benzene rings is 2. The highest BCUT2D eigenvalue weighted by Crippen LogP contribution is 2.13. The van der Waals surface area contributed by atoms with Crippen molar-refractivity contribution in [3.05, 3.63) is 79.2 Å². The first-order valence-corrected chi connectivity index (χ1v) is 9.53. The van der Waals surface area contributed by atoms with Gasteiger partial charge in [0.25, 0.3) is 5.56 Å². The fourth-order valence-electron chi connectivity index (χ4n) is 2.84. The van der Waals surface area contributed by atoms with Crippen LogP contribution in [0.4, 0.5) is 0 Å². The summed E-state index contributed by atoms with van der Waals surface area (Å²) in [6, 6.07) is 10.6. The molecule has 9 heteroatoms. The first-order valence-electron chi connectivity index (χ1n) is 8.72. The lowest BCUT2D eigenvalue weighted by Gasteiger charge is -2.11. The molecule has 0 amide bonds. The van der Waals surface area contributed by atoms with E-state index in [9.17, 15) is 29.7 Å². The average molecular weight is 427 g/mol. The fraction of sp³-hybridized carbons (Fsp3) is 0.0952. The van der Waals surface area contributed by atoms with Crippen LogP contribution in [0.3, 0.4) is 0 Å². The topological polar surface area (TPSA) is 137 Å². The van der Waals surface area contributed by atoms with E-state index in [1.54, 1.807) is 24.3 Å². The summed E-state index contributed by atoms with van der Waals surface area (Å²) in [4.78, 5) is 35.9. The molecule has 0 fully saturated rings. The Labute approximate surface area is 173 Å². The lowest BCUT2D eigenvalue weighted by Crippen LogP contribution is -2.39. The smallest absolute Gasteiger partial charge is 0.327 e. The molecule has 2 aromatic carbocycles. The van der Waals surface area contributed by atoms with Crippen LogP contribution in [0.5, 0.6) is 11.5 Å². The number of rotatable bonds is 6. The molecule has 3 aromatic rings. The largest absolute Gasteiger partial charge is 0.508 e. The van der Waals surface area contributed by atoms with Crippen LogP contribution in [0.2, 0.25) is 0 Å². The van der Waals surface area contributed by atoms with E-state index in [1.807, 2.05) is 0 Å². The van der Waals surface area contributed by atoms with Crippen LogP contribution in [-0.4, -0.2) is 36.9 Å². The van der Waals surface area contributed by atoms with Gasteiger partial charge in [-0.25, -0.2) is 4.79 Å². The molecule has 3 rings (SSSR count). The molecular formula is C21H17NO7S. The van der Waals surface area contributed by atoms with Crippen molar-refractivity contribution in [3.8, 4) is 11.5 Å². The van der Waals surface area contributed by atoms with Crippen molar-refractivity contribution in [2.75, 3.05) is 0 Å². The number of hydrogen-bond donors (Lipinski definition) is 4. The van der Waals surface area contributed by atoms with Gasteiger partial charge in [0.1, 0.15) is 17.5 Å². The summed E-state index contributed by atoms with van der Waals surface area (Å²) in [5.41, 5.74) is 0.473. The third-order valence-electron chi connectivity index (χ3n) is 4.20. The zero-order valence-electron chi connectivity index (χ0n) is 15.4. The second-order valence-electron chi connectivity index (χ2n) is 6.41. The predicted octanol–water partition coefficient (Wildman–Crippen LogP) is 1.08. The third-order valence-corrected chi connectivity index (χ3v) is 5.23. The molecule has 0 aliphatic carbocycles. The maximum Gasteiger partial charge on any atom is 0.327 e. The summed E-state index contributed by atoms with van der Waals surface area (Å²) in [7, 11) is 0. The van der Waals surface area contributed by atoms with Crippen LogP contribution >= 0.6 is 11.3 Å². The van der Waals surface area contributed by atoms with Crippen molar-refractivity contribution in [1.82, 2.24) is 4.57 Å². The standard InChI is InChI=1S/C21H17NO7S/c23-14-6-4-12(5-7-14)9-17-20(27)22(16(21(28)29)11-19(25)26)18(30-17)10-13-2-1-3-15(24)8-13/h1-10,16,23-24H,11H2,(H,25,26)(H,28,29). The molecule has 4 N–H and O–H groups in total. The minimum atomic E-state index is -1.60. The van der Waals surface area contributed by atoms with Crippen molar-refractivity contribution >= 4 is 35.4 Å². The molecule has 0 radical (unpaired) electrons. The van der Waals surface area contributed by atoms with Crippen LogP contribution in [0.25, 0.3) is 12.2 Å². The van der Waals surface area contributed by atoms with E-state index < -0.39 is 30.0 Å². The number of aromatic hydroxyl groups is 2. The first kappa shape index (κ1) is 20.9. The van der Waals surface area contributed by atoms with Gasteiger partial charge in [-0.1, -0.05) is 24.3 Å². The molecule has 0 bridgehead atoms. The molecule has 0 spiro atoms. The number of aromatic nitrogens is 1. The molecule has 1 heterocycles. The van der Waals surface area contributed by atoms with Crippen LogP contribution in [0.15, 0.2) is 53.3 Å². The van der Waals surface area contributed by atoms with Gasteiger partial charge in [0.2, 0.25) is 0 Å². The molecule has 1 unspecified atom stereocenters. The third kappa shape index (κ3) is 4.76. The number of carbonyl (C=O) groups is 2. The van der Waals surface area contributed by atoms with Crippen LogP contribution in [-0.2, 0) is 9.59 Å². The molecule has 0 saturated heterocycles. The van der Waals surface area contributed by atoms with E-state index in [1.165, 1.54) is 36.4 Å². The number of thiazole rings is 1. The number of aliphatic carboxylic acids is 2. The Bertz CT molecular complexity index is 1270. The van der Waals surface area contributed by atoms with E-state index in [4.69, 9.17) is 5.11 Å². The van der Waals surface area contributed by atoms with Gasteiger partial charge in [0.15, 0.2) is 0 Å². The summed E-state index contributed by atoms with van der Waals surface area (Å²) in [6.07, 6.45) is 2.27. The van der Waals surface area contributed by atoms with Gasteiger partial charge < -0.3 is 20.4 Å². The Morgan fingerprint density at radius 1 is 0.967 bits per heavy atom. The summed E-state index contributed by atoms with van der Waals surface area (Å²) in [5.74, 6) is -2.75. The molecule has 1 aromatic heterocycles. The maximum atomic E-state index is 13.0. The summed E-state index contributed by atoms with van der Waals surface area (Å²) < 4.78 is 1.37. The molecule has 0 saturated carbocycles. The highest BCUT2D eigenvalue weighted by Gasteiger charge is 2.26. The van der Waals surface area contributed by atoms with Gasteiger partial charge in [0.05, 0.1) is 15.6 Å². The molecule has 1 atom stereocenters. The average Bonchev–Trinajstić information content (AvgIpc) is 2.96. The van der Waals surface area contributed by atoms with Gasteiger partial charge in [-0.2, -0.15) is 0 Å². The normalized spacial score (nSPS) is 13.3. The zero-order chi connectivity index (χ0) is 21.8. The van der Waals surface area contributed by atoms with E-state index in [0.717, 1.165) is 15.9 Å². The number of carboxylic acids is 2. The number of phenols is 2. The zero-order valence-corrected chi connectivity index (χ0v) is 16.2. The van der Waals surface area contributed by atoms with Gasteiger partial charge in [0, 0.05) is 0 Å². The van der Waals surface area contributed by atoms with E-state index in [-0.39, 0.29) is 20.7 Å². The van der Waals surface area contributed by atoms with E-state index in [2.05, 4.69) is 0 Å². The quantitative estimate of drug-likeness (QED) is 0.462. The second-order valence-corrected chi connectivity index (χ2v) is 7.47. The summed E-state index contributed by atoms with van der Waals surface area (Å²) >= 11 is 0.998. The van der Waals surface area contributed by atoms with Gasteiger partial charge in [-0.3, -0.25) is 14.2 Å². The van der Waals surface area contributed by atoms with Crippen LogP contribution in [0, 0.1) is 0 Å². The monoisotopic (exact) mass is 427 g/mol. The highest BCUT2D eigenvalue weighted by atomic mass is 32.1. The SMILES string of the molecule is O=C(O)CC(C(=O)O)n1c(=Cc2cccc(O)c2)sc(=Cc2ccc(O)cc2)c1=O. The molecule has 154 valence electrons. The fourth-order valence-corrected chi connectivity index (χ4v) is 3.95. The van der Waals surface area contributed by atoms with Crippen molar-refractivity contribution < 1.29 is 30.0 Å². The Balaban J connectivity index is 2.28. The molecule has 0 aliphatic rings. The Hall–Kier alpha value is -3.85. The van der Waals surface area contributed by atoms with Crippen molar-refractivity contribution in [2.24, 2.45) is 0 Å². The van der Waals surface area contributed by atoms with Crippen molar-refractivity contribution in [2.45, 2.75) is 12.5 Å². The van der Waals surface area contributed by atoms with E-state index in [0.29, 0.717) is 11.1 Å². The molecular weight excluding hydrogens is 410 g/mol. The molecule has 8 nitrogen and oxygen atoms in total. The number of phenolic OH excluding ortho intramolecular Hbond substituents is 2. The Kier molecular flexibility index (Phi) is 6.03. The lowest BCUT2D eigenvalue weighted by atomic mass is 10.2. The highest BCUT2D eigenvalue weighted by molar-refractivity contribution is 7.07. The minimum absolute atomic E-state index is 0.00889. The van der Waals surface area contributed by atoms with E-state index >= 15 is 0 Å².